The Labute approximate surface area is 116 Å². The number of ether oxygens (including phenoxy) is 1. The van der Waals surface area contributed by atoms with E-state index in [0.29, 0.717) is 11.9 Å². The van der Waals surface area contributed by atoms with Crippen molar-refractivity contribution in [2.75, 3.05) is 13.2 Å². The van der Waals surface area contributed by atoms with E-state index in [2.05, 4.69) is 10.3 Å². The third-order valence-corrected chi connectivity index (χ3v) is 3.55. The first-order valence-electron chi connectivity index (χ1n) is 6.76. The summed E-state index contributed by atoms with van der Waals surface area (Å²) in [5, 5.41) is 3.29. The minimum absolute atomic E-state index is 0.0680. The number of amides is 1. The molecule has 1 aromatic heterocycles. The maximum absolute atomic E-state index is 12.3. The summed E-state index contributed by atoms with van der Waals surface area (Å²) in [6, 6.07) is 7.15. The number of aromatic nitrogens is 1. The lowest BCUT2D eigenvalue weighted by atomic mass is 10.1. The largest absolute Gasteiger partial charge is 0.376 e. The number of pyridine rings is 1. The van der Waals surface area contributed by atoms with Gasteiger partial charge in [-0.2, -0.15) is 0 Å². The molecule has 1 fully saturated rings. The van der Waals surface area contributed by atoms with Crippen LogP contribution in [0.25, 0.3) is 10.9 Å². The smallest absolute Gasteiger partial charge is 0.256 e. The number of nitrogens with one attached hydrogen (secondary N) is 2. The standard InChI is InChI=1S/C15H16N2O3/c18-14-11-5-1-2-6-13(11)16-9-12(14)15(19)17-8-10-4-3-7-20-10/h1-2,5-6,9-10H,3-4,7-8H2,(H,16,18)(H,17,19)/t10-/m0/s1. The molecule has 104 valence electrons. The zero-order valence-electron chi connectivity index (χ0n) is 11.0. The van der Waals surface area contributed by atoms with Crippen LogP contribution in [0.15, 0.2) is 35.3 Å². The Kier molecular flexibility index (Phi) is 3.52. The Morgan fingerprint density at radius 2 is 2.25 bits per heavy atom. The molecule has 1 amide bonds. The molecule has 1 atom stereocenters. The number of hydrogen-bond acceptors (Lipinski definition) is 3. The van der Waals surface area contributed by atoms with Gasteiger partial charge >= 0.3 is 0 Å². The topological polar surface area (TPSA) is 71.2 Å². The number of aromatic amines is 1. The van der Waals surface area contributed by atoms with E-state index in [-0.39, 0.29) is 23.0 Å². The number of carbonyl (C=O) groups excluding carboxylic acids is 1. The highest BCUT2D eigenvalue weighted by Gasteiger charge is 2.18. The summed E-state index contributed by atoms with van der Waals surface area (Å²) in [5.74, 6) is -0.354. The van der Waals surface area contributed by atoms with Gasteiger partial charge in [0, 0.05) is 30.3 Å². The number of H-pyrrole nitrogens is 1. The van der Waals surface area contributed by atoms with Crippen LogP contribution < -0.4 is 10.7 Å². The van der Waals surface area contributed by atoms with Crippen LogP contribution in [0.1, 0.15) is 23.2 Å². The van der Waals surface area contributed by atoms with E-state index >= 15 is 0 Å². The summed E-state index contributed by atoms with van der Waals surface area (Å²) in [5.41, 5.74) is 0.624. The maximum Gasteiger partial charge on any atom is 0.256 e. The van der Waals surface area contributed by atoms with Crippen LogP contribution in [0.4, 0.5) is 0 Å². The molecule has 1 aliphatic rings. The molecule has 2 heterocycles. The third kappa shape index (κ3) is 2.44. The number of hydrogen-bond donors (Lipinski definition) is 2. The van der Waals surface area contributed by atoms with Crippen LogP contribution in [0, 0.1) is 0 Å². The molecular weight excluding hydrogens is 256 g/mol. The Hall–Kier alpha value is -2.14. The summed E-state index contributed by atoms with van der Waals surface area (Å²) in [6.45, 7) is 1.20. The highest BCUT2D eigenvalue weighted by molar-refractivity contribution is 5.97. The first-order chi connectivity index (χ1) is 9.75. The van der Waals surface area contributed by atoms with Crippen molar-refractivity contribution in [2.45, 2.75) is 18.9 Å². The van der Waals surface area contributed by atoms with Gasteiger partial charge in [0.25, 0.3) is 5.91 Å². The van der Waals surface area contributed by atoms with E-state index < -0.39 is 0 Å². The lowest BCUT2D eigenvalue weighted by Crippen LogP contribution is -2.34. The fourth-order valence-electron chi connectivity index (χ4n) is 2.44. The van der Waals surface area contributed by atoms with Crippen molar-refractivity contribution >= 4 is 16.8 Å². The molecule has 3 rings (SSSR count). The van der Waals surface area contributed by atoms with Crippen molar-refractivity contribution in [3.63, 3.8) is 0 Å². The number of fused-ring (bicyclic) bond motifs is 1. The van der Waals surface area contributed by atoms with Crippen LogP contribution in [0.2, 0.25) is 0 Å². The molecule has 1 saturated heterocycles. The zero-order chi connectivity index (χ0) is 13.9. The highest BCUT2D eigenvalue weighted by Crippen LogP contribution is 2.11. The SMILES string of the molecule is O=C(NC[C@@H]1CCCO1)c1c[nH]c2ccccc2c1=O. The van der Waals surface area contributed by atoms with E-state index in [1.807, 2.05) is 12.1 Å². The summed E-state index contributed by atoms with van der Waals surface area (Å²) in [4.78, 5) is 27.3. The van der Waals surface area contributed by atoms with E-state index in [4.69, 9.17) is 4.74 Å². The van der Waals surface area contributed by atoms with Crippen LogP contribution in [0.5, 0.6) is 0 Å². The second-order valence-corrected chi connectivity index (χ2v) is 4.92. The maximum atomic E-state index is 12.3. The molecule has 0 unspecified atom stereocenters. The summed E-state index contributed by atoms with van der Waals surface area (Å²) < 4.78 is 5.44. The quantitative estimate of drug-likeness (QED) is 0.888. The average molecular weight is 272 g/mol. The molecule has 1 aromatic carbocycles. The van der Waals surface area contributed by atoms with E-state index in [9.17, 15) is 9.59 Å². The third-order valence-electron chi connectivity index (χ3n) is 3.55. The molecule has 5 nitrogen and oxygen atoms in total. The predicted octanol–water partition coefficient (Wildman–Crippen LogP) is 1.44. The molecule has 0 saturated carbocycles. The molecular formula is C15H16N2O3. The molecule has 0 radical (unpaired) electrons. The van der Waals surface area contributed by atoms with Gasteiger partial charge in [-0.15, -0.1) is 0 Å². The lowest BCUT2D eigenvalue weighted by molar-refractivity contribution is 0.0857. The average Bonchev–Trinajstić information content (AvgIpc) is 2.99. The monoisotopic (exact) mass is 272 g/mol. The Morgan fingerprint density at radius 3 is 3.05 bits per heavy atom. The molecule has 0 aliphatic carbocycles. The fourth-order valence-corrected chi connectivity index (χ4v) is 2.44. The minimum Gasteiger partial charge on any atom is -0.376 e. The van der Waals surface area contributed by atoms with Crippen LogP contribution in [-0.4, -0.2) is 30.1 Å². The first-order valence-corrected chi connectivity index (χ1v) is 6.76. The summed E-state index contributed by atoms with van der Waals surface area (Å²) >= 11 is 0. The van der Waals surface area contributed by atoms with Crippen LogP contribution >= 0.6 is 0 Å². The van der Waals surface area contributed by atoms with Crippen molar-refractivity contribution in [1.29, 1.82) is 0 Å². The first kappa shape index (κ1) is 12.9. The van der Waals surface area contributed by atoms with Gasteiger partial charge in [0.2, 0.25) is 5.43 Å². The fraction of sp³-hybridized carbons (Fsp3) is 0.333. The second-order valence-electron chi connectivity index (χ2n) is 4.92. The van der Waals surface area contributed by atoms with E-state index in [1.165, 1.54) is 6.20 Å². The van der Waals surface area contributed by atoms with Gasteiger partial charge in [0.1, 0.15) is 5.56 Å². The second kappa shape index (κ2) is 5.46. The molecule has 0 spiro atoms. The molecule has 2 N–H and O–H groups in total. The van der Waals surface area contributed by atoms with Gasteiger partial charge in [-0.3, -0.25) is 9.59 Å². The lowest BCUT2D eigenvalue weighted by Gasteiger charge is -2.10. The predicted molar refractivity (Wildman–Crippen MR) is 75.9 cm³/mol. The number of carbonyl (C=O) groups is 1. The van der Waals surface area contributed by atoms with Crippen LogP contribution in [-0.2, 0) is 4.74 Å². The normalized spacial score (nSPS) is 18.3. The number of para-hydroxylation sites is 1. The van der Waals surface area contributed by atoms with Crippen molar-refractivity contribution in [3.8, 4) is 0 Å². The number of rotatable bonds is 3. The van der Waals surface area contributed by atoms with Gasteiger partial charge < -0.3 is 15.0 Å². The van der Waals surface area contributed by atoms with Crippen LogP contribution in [0.3, 0.4) is 0 Å². The Balaban J connectivity index is 1.80. The molecule has 0 bridgehead atoms. The van der Waals surface area contributed by atoms with Crippen molar-refractivity contribution in [1.82, 2.24) is 10.3 Å². The summed E-state index contributed by atoms with van der Waals surface area (Å²) in [6.07, 6.45) is 3.51. The van der Waals surface area contributed by atoms with E-state index in [0.717, 1.165) is 25.0 Å². The Morgan fingerprint density at radius 1 is 1.40 bits per heavy atom. The van der Waals surface area contributed by atoms with Gasteiger partial charge in [0.05, 0.1) is 6.10 Å². The van der Waals surface area contributed by atoms with Crippen molar-refractivity contribution in [2.24, 2.45) is 0 Å². The van der Waals surface area contributed by atoms with Gasteiger partial charge in [-0.25, -0.2) is 0 Å². The molecule has 20 heavy (non-hydrogen) atoms. The van der Waals surface area contributed by atoms with Crippen molar-refractivity contribution < 1.29 is 9.53 Å². The van der Waals surface area contributed by atoms with Gasteiger partial charge in [0.15, 0.2) is 0 Å². The Bertz CT molecular complexity index is 687. The van der Waals surface area contributed by atoms with Crippen molar-refractivity contribution in [3.05, 3.63) is 46.2 Å². The molecule has 2 aromatic rings. The molecule has 5 heteroatoms. The van der Waals surface area contributed by atoms with Gasteiger partial charge in [-0.1, -0.05) is 12.1 Å². The van der Waals surface area contributed by atoms with Gasteiger partial charge in [-0.05, 0) is 25.0 Å². The van der Waals surface area contributed by atoms with E-state index in [1.54, 1.807) is 12.1 Å². The molecule has 1 aliphatic heterocycles. The summed E-state index contributed by atoms with van der Waals surface area (Å²) in [7, 11) is 0. The highest BCUT2D eigenvalue weighted by atomic mass is 16.5. The number of benzene rings is 1. The minimum atomic E-state index is -0.354. The zero-order valence-corrected chi connectivity index (χ0v) is 11.0.